The monoisotopic (exact) mass is 342 g/mol. The van der Waals surface area contributed by atoms with Crippen LogP contribution in [0.15, 0.2) is 42.5 Å². The van der Waals surface area contributed by atoms with Gasteiger partial charge in [-0.2, -0.15) is 0 Å². The summed E-state index contributed by atoms with van der Waals surface area (Å²) < 4.78 is 19.1. The highest BCUT2D eigenvalue weighted by atomic mass is 19.1. The number of para-hydroxylation sites is 1. The molecule has 0 radical (unpaired) electrons. The van der Waals surface area contributed by atoms with E-state index in [1.165, 1.54) is 17.7 Å². The summed E-state index contributed by atoms with van der Waals surface area (Å²) in [5, 5.41) is 9.44. The lowest BCUT2D eigenvalue weighted by molar-refractivity contribution is -0.117. The van der Waals surface area contributed by atoms with Gasteiger partial charge in [0, 0.05) is 18.3 Å². The van der Waals surface area contributed by atoms with E-state index < -0.39 is 11.9 Å². The van der Waals surface area contributed by atoms with Crippen LogP contribution in [0.4, 0.5) is 15.8 Å². The van der Waals surface area contributed by atoms with Gasteiger partial charge in [-0.3, -0.25) is 4.79 Å². The lowest BCUT2D eigenvalue weighted by atomic mass is 10.1. The SMILES string of the molecule is O=C(CN1CC(CO)Oc2cc(F)ccc21)N1CCc2ccccc21. The number of ether oxygens (including phenoxy) is 1. The molecule has 1 amide bonds. The molecule has 2 heterocycles. The summed E-state index contributed by atoms with van der Waals surface area (Å²) in [6, 6.07) is 12.2. The van der Waals surface area contributed by atoms with Gasteiger partial charge < -0.3 is 19.6 Å². The van der Waals surface area contributed by atoms with Crippen molar-refractivity contribution in [1.82, 2.24) is 0 Å². The summed E-state index contributed by atoms with van der Waals surface area (Å²) in [6.07, 6.45) is 0.375. The number of fused-ring (bicyclic) bond motifs is 2. The molecule has 1 atom stereocenters. The van der Waals surface area contributed by atoms with Gasteiger partial charge in [0.2, 0.25) is 5.91 Å². The van der Waals surface area contributed by atoms with E-state index in [0.717, 1.165) is 12.1 Å². The average molecular weight is 342 g/mol. The smallest absolute Gasteiger partial charge is 0.246 e. The Morgan fingerprint density at radius 1 is 1.24 bits per heavy atom. The largest absolute Gasteiger partial charge is 0.484 e. The van der Waals surface area contributed by atoms with Gasteiger partial charge in [0.1, 0.15) is 17.7 Å². The molecule has 1 N–H and O–H groups in total. The summed E-state index contributed by atoms with van der Waals surface area (Å²) in [4.78, 5) is 16.5. The fourth-order valence-electron chi connectivity index (χ4n) is 3.50. The molecule has 0 saturated carbocycles. The number of amides is 1. The zero-order chi connectivity index (χ0) is 17.4. The van der Waals surface area contributed by atoms with Crippen LogP contribution in [-0.4, -0.2) is 43.4 Å². The van der Waals surface area contributed by atoms with Crippen molar-refractivity contribution in [2.75, 3.05) is 36.0 Å². The predicted octanol–water partition coefficient (Wildman–Crippen LogP) is 1.97. The molecule has 2 aliphatic heterocycles. The molecule has 1 unspecified atom stereocenters. The van der Waals surface area contributed by atoms with Crippen LogP contribution in [0.5, 0.6) is 5.75 Å². The normalized spacial score (nSPS) is 18.6. The quantitative estimate of drug-likeness (QED) is 0.927. The van der Waals surface area contributed by atoms with Crippen molar-refractivity contribution in [2.45, 2.75) is 12.5 Å². The molecular formula is C19H19FN2O3. The third kappa shape index (κ3) is 2.93. The molecule has 2 aromatic rings. The maximum Gasteiger partial charge on any atom is 0.246 e. The van der Waals surface area contributed by atoms with Gasteiger partial charge in [-0.05, 0) is 30.2 Å². The van der Waals surface area contributed by atoms with E-state index >= 15 is 0 Å². The topological polar surface area (TPSA) is 53.0 Å². The number of halogens is 1. The first kappa shape index (κ1) is 15.9. The zero-order valence-corrected chi connectivity index (χ0v) is 13.7. The Labute approximate surface area is 145 Å². The van der Waals surface area contributed by atoms with Crippen LogP contribution in [-0.2, 0) is 11.2 Å². The molecular weight excluding hydrogens is 323 g/mol. The van der Waals surface area contributed by atoms with E-state index in [1.54, 1.807) is 11.0 Å². The standard InChI is InChI=1S/C19H19FN2O3/c20-14-5-6-17-18(9-14)25-15(12-23)10-21(17)11-19(24)22-8-7-13-3-1-2-4-16(13)22/h1-6,9,15,23H,7-8,10-12H2. The lowest BCUT2D eigenvalue weighted by Gasteiger charge is -2.36. The summed E-state index contributed by atoms with van der Waals surface area (Å²) in [5.74, 6) is -0.0594. The highest BCUT2D eigenvalue weighted by Gasteiger charge is 2.30. The second kappa shape index (κ2) is 6.37. The lowest BCUT2D eigenvalue weighted by Crippen LogP contribution is -2.47. The van der Waals surface area contributed by atoms with Gasteiger partial charge in [0.15, 0.2) is 0 Å². The molecule has 0 bridgehead atoms. The van der Waals surface area contributed by atoms with Gasteiger partial charge >= 0.3 is 0 Å². The Balaban J connectivity index is 1.57. The van der Waals surface area contributed by atoms with Crippen molar-refractivity contribution < 1.29 is 19.0 Å². The Morgan fingerprint density at radius 2 is 2.08 bits per heavy atom. The average Bonchev–Trinajstić information content (AvgIpc) is 3.05. The van der Waals surface area contributed by atoms with Crippen LogP contribution in [0.1, 0.15) is 5.56 Å². The van der Waals surface area contributed by atoms with Crippen molar-refractivity contribution in [3.05, 3.63) is 53.8 Å². The molecule has 0 saturated heterocycles. The minimum Gasteiger partial charge on any atom is -0.484 e. The first-order valence-corrected chi connectivity index (χ1v) is 8.36. The number of aliphatic hydroxyl groups excluding tert-OH is 1. The molecule has 25 heavy (non-hydrogen) atoms. The molecule has 2 aromatic carbocycles. The predicted molar refractivity (Wildman–Crippen MR) is 92.6 cm³/mol. The van der Waals surface area contributed by atoms with E-state index in [9.17, 15) is 14.3 Å². The maximum atomic E-state index is 13.5. The number of rotatable bonds is 3. The highest BCUT2D eigenvalue weighted by molar-refractivity contribution is 5.98. The minimum absolute atomic E-state index is 0.0150. The summed E-state index contributed by atoms with van der Waals surface area (Å²) >= 11 is 0. The van der Waals surface area contributed by atoms with Gasteiger partial charge in [-0.1, -0.05) is 18.2 Å². The second-order valence-corrected chi connectivity index (χ2v) is 6.34. The van der Waals surface area contributed by atoms with Crippen molar-refractivity contribution in [3.8, 4) is 5.75 Å². The van der Waals surface area contributed by atoms with E-state index in [2.05, 4.69) is 0 Å². The van der Waals surface area contributed by atoms with Gasteiger partial charge in [0.05, 0.1) is 25.4 Å². The van der Waals surface area contributed by atoms with Gasteiger partial charge in [-0.15, -0.1) is 0 Å². The number of hydrogen-bond acceptors (Lipinski definition) is 4. The van der Waals surface area contributed by atoms with Gasteiger partial charge in [0.25, 0.3) is 0 Å². The number of carbonyl (C=O) groups excluding carboxylic acids is 1. The second-order valence-electron chi connectivity index (χ2n) is 6.34. The first-order valence-electron chi connectivity index (χ1n) is 8.36. The van der Waals surface area contributed by atoms with Crippen LogP contribution in [0, 0.1) is 5.82 Å². The Bertz CT molecular complexity index is 811. The molecule has 6 heteroatoms. The molecule has 4 rings (SSSR count). The number of nitrogens with zero attached hydrogens (tertiary/aromatic N) is 2. The van der Waals surface area contributed by atoms with Crippen LogP contribution >= 0.6 is 0 Å². The fraction of sp³-hybridized carbons (Fsp3) is 0.316. The number of benzene rings is 2. The summed E-state index contributed by atoms with van der Waals surface area (Å²) in [7, 11) is 0. The highest BCUT2D eigenvalue weighted by Crippen LogP contribution is 2.34. The molecule has 130 valence electrons. The molecule has 0 aliphatic carbocycles. The summed E-state index contributed by atoms with van der Waals surface area (Å²) in [6.45, 7) is 1.03. The molecule has 5 nitrogen and oxygen atoms in total. The Hall–Kier alpha value is -2.60. The Kier molecular flexibility index (Phi) is 4.05. The minimum atomic E-state index is -0.479. The fourth-order valence-corrected chi connectivity index (χ4v) is 3.50. The molecule has 2 aliphatic rings. The summed E-state index contributed by atoms with van der Waals surface area (Å²) in [5.41, 5.74) is 2.80. The van der Waals surface area contributed by atoms with E-state index in [-0.39, 0.29) is 19.1 Å². The first-order chi connectivity index (χ1) is 12.2. The number of aliphatic hydroxyl groups is 1. The van der Waals surface area contributed by atoms with Crippen LogP contribution in [0.25, 0.3) is 0 Å². The van der Waals surface area contributed by atoms with E-state index in [1.807, 2.05) is 29.2 Å². The van der Waals surface area contributed by atoms with E-state index in [4.69, 9.17) is 4.74 Å². The molecule has 0 spiro atoms. The third-order valence-corrected chi connectivity index (χ3v) is 4.70. The van der Waals surface area contributed by atoms with E-state index in [0.29, 0.717) is 24.5 Å². The van der Waals surface area contributed by atoms with Gasteiger partial charge in [-0.25, -0.2) is 4.39 Å². The van der Waals surface area contributed by atoms with Crippen molar-refractivity contribution in [1.29, 1.82) is 0 Å². The Morgan fingerprint density at radius 3 is 2.92 bits per heavy atom. The zero-order valence-electron chi connectivity index (χ0n) is 13.7. The maximum absolute atomic E-state index is 13.5. The van der Waals surface area contributed by atoms with Crippen molar-refractivity contribution >= 4 is 17.3 Å². The number of anilines is 2. The van der Waals surface area contributed by atoms with Crippen molar-refractivity contribution in [2.24, 2.45) is 0 Å². The number of hydrogen-bond donors (Lipinski definition) is 1. The number of carbonyl (C=O) groups is 1. The van der Waals surface area contributed by atoms with Crippen LogP contribution in [0.2, 0.25) is 0 Å². The van der Waals surface area contributed by atoms with Crippen LogP contribution in [0.3, 0.4) is 0 Å². The van der Waals surface area contributed by atoms with Crippen LogP contribution < -0.4 is 14.5 Å². The molecule has 0 aromatic heterocycles. The third-order valence-electron chi connectivity index (χ3n) is 4.70. The molecule has 0 fully saturated rings. The van der Waals surface area contributed by atoms with Crippen molar-refractivity contribution in [3.63, 3.8) is 0 Å².